The van der Waals surface area contributed by atoms with Crippen molar-refractivity contribution in [1.29, 1.82) is 0 Å². The van der Waals surface area contributed by atoms with E-state index in [4.69, 9.17) is 0 Å². The van der Waals surface area contributed by atoms with Crippen LogP contribution in [0.4, 0.5) is 0 Å². The third kappa shape index (κ3) is 3.06. The molecule has 1 N–H and O–H groups in total. The number of aliphatic carboxylic acids is 1. The number of hydrogen-bond donors (Lipinski definition) is 1. The molecule has 1 rings (SSSR count). The summed E-state index contributed by atoms with van der Waals surface area (Å²) in [4.78, 5) is 17.4. The Morgan fingerprint density at radius 2 is 2.24 bits per heavy atom. The van der Waals surface area contributed by atoms with Crippen LogP contribution in [0.1, 0.15) is 26.6 Å². The summed E-state index contributed by atoms with van der Waals surface area (Å²) in [5.41, 5.74) is -0.833. The number of aryl methyl sites for hydroxylation is 1. The molecular formula is C12H21N3O2. The van der Waals surface area contributed by atoms with Crippen molar-refractivity contribution in [2.75, 3.05) is 13.1 Å². The lowest BCUT2D eigenvalue weighted by Gasteiger charge is -2.33. The van der Waals surface area contributed by atoms with Gasteiger partial charge in [0.25, 0.3) is 0 Å². The van der Waals surface area contributed by atoms with Crippen LogP contribution in [0.15, 0.2) is 12.4 Å². The molecule has 1 aromatic rings. The Bertz CT molecular complexity index is 385. The first kappa shape index (κ1) is 13.7. The Balaban J connectivity index is 2.66. The van der Waals surface area contributed by atoms with Gasteiger partial charge < -0.3 is 9.67 Å². The highest BCUT2D eigenvalue weighted by atomic mass is 16.4. The molecular weight excluding hydrogens is 218 g/mol. The lowest BCUT2D eigenvalue weighted by Crippen LogP contribution is -2.50. The van der Waals surface area contributed by atoms with Gasteiger partial charge in [-0.2, -0.15) is 0 Å². The number of carbonyl (C=O) groups is 1. The zero-order chi connectivity index (χ0) is 13.1. The summed E-state index contributed by atoms with van der Waals surface area (Å²) in [6, 6.07) is 0. The van der Waals surface area contributed by atoms with E-state index < -0.39 is 11.5 Å². The van der Waals surface area contributed by atoms with E-state index in [1.807, 2.05) is 29.6 Å². The number of imidazole rings is 1. The minimum Gasteiger partial charge on any atom is -0.480 e. The van der Waals surface area contributed by atoms with Crippen molar-refractivity contribution < 1.29 is 9.90 Å². The highest BCUT2D eigenvalue weighted by Crippen LogP contribution is 2.15. The van der Waals surface area contributed by atoms with Crippen LogP contribution in [0, 0.1) is 0 Å². The molecule has 0 saturated carbocycles. The quantitative estimate of drug-likeness (QED) is 0.809. The highest BCUT2D eigenvalue weighted by Gasteiger charge is 2.33. The lowest BCUT2D eigenvalue weighted by molar-refractivity contribution is -0.149. The van der Waals surface area contributed by atoms with Crippen molar-refractivity contribution in [1.82, 2.24) is 14.5 Å². The van der Waals surface area contributed by atoms with Gasteiger partial charge in [-0.15, -0.1) is 0 Å². The molecule has 0 saturated heterocycles. The van der Waals surface area contributed by atoms with Gasteiger partial charge in [-0.25, -0.2) is 4.98 Å². The predicted octanol–water partition coefficient (Wildman–Crippen LogP) is 1.15. The summed E-state index contributed by atoms with van der Waals surface area (Å²) in [5.74, 6) is 0.184. The number of hydrogen-bond acceptors (Lipinski definition) is 3. The summed E-state index contributed by atoms with van der Waals surface area (Å²) in [5, 5.41) is 9.19. The summed E-state index contributed by atoms with van der Waals surface area (Å²) >= 11 is 0. The van der Waals surface area contributed by atoms with Crippen LogP contribution in [-0.2, 0) is 18.3 Å². The first-order valence-electron chi connectivity index (χ1n) is 5.84. The van der Waals surface area contributed by atoms with Gasteiger partial charge in [0.05, 0.1) is 0 Å². The Kier molecular flexibility index (Phi) is 4.28. The van der Waals surface area contributed by atoms with Gasteiger partial charge in [-0.3, -0.25) is 9.69 Å². The zero-order valence-electron chi connectivity index (χ0n) is 11.0. The SMILES string of the molecule is CCN(CCc1nccn1C)C(C)(C)C(=O)O. The van der Waals surface area contributed by atoms with Gasteiger partial charge in [0.15, 0.2) is 0 Å². The van der Waals surface area contributed by atoms with E-state index in [0.717, 1.165) is 12.2 Å². The largest absolute Gasteiger partial charge is 0.480 e. The number of nitrogens with zero attached hydrogens (tertiary/aromatic N) is 3. The topological polar surface area (TPSA) is 58.4 Å². The molecule has 0 amide bonds. The van der Waals surface area contributed by atoms with E-state index >= 15 is 0 Å². The molecule has 0 aromatic carbocycles. The maximum Gasteiger partial charge on any atom is 0.323 e. The average Bonchev–Trinajstić information content (AvgIpc) is 2.64. The molecule has 0 radical (unpaired) electrons. The molecule has 0 bridgehead atoms. The second-order valence-corrected chi connectivity index (χ2v) is 4.65. The minimum atomic E-state index is -0.833. The van der Waals surface area contributed by atoms with E-state index in [1.165, 1.54) is 0 Å². The Morgan fingerprint density at radius 1 is 1.59 bits per heavy atom. The third-order valence-corrected chi connectivity index (χ3v) is 3.22. The predicted molar refractivity (Wildman–Crippen MR) is 65.9 cm³/mol. The van der Waals surface area contributed by atoms with E-state index in [-0.39, 0.29) is 0 Å². The van der Waals surface area contributed by atoms with Crippen LogP contribution in [0.3, 0.4) is 0 Å². The number of likely N-dealkylation sites (N-methyl/N-ethyl adjacent to an activating group) is 1. The van der Waals surface area contributed by atoms with Crippen molar-refractivity contribution >= 4 is 5.97 Å². The van der Waals surface area contributed by atoms with Crippen molar-refractivity contribution in [3.8, 4) is 0 Å². The molecule has 0 aliphatic rings. The molecule has 17 heavy (non-hydrogen) atoms. The molecule has 0 aliphatic carbocycles. The van der Waals surface area contributed by atoms with Crippen molar-refractivity contribution in [2.45, 2.75) is 32.7 Å². The van der Waals surface area contributed by atoms with Crippen LogP contribution in [-0.4, -0.2) is 44.2 Å². The van der Waals surface area contributed by atoms with Gasteiger partial charge in [-0.05, 0) is 20.4 Å². The van der Waals surface area contributed by atoms with Crippen LogP contribution >= 0.6 is 0 Å². The average molecular weight is 239 g/mol. The smallest absolute Gasteiger partial charge is 0.323 e. The first-order valence-corrected chi connectivity index (χ1v) is 5.84. The van der Waals surface area contributed by atoms with Gasteiger partial charge in [0.1, 0.15) is 11.4 Å². The number of aromatic nitrogens is 2. The monoisotopic (exact) mass is 239 g/mol. The van der Waals surface area contributed by atoms with Crippen LogP contribution in [0.5, 0.6) is 0 Å². The normalized spacial score (nSPS) is 12.1. The van der Waals surface area contributed by atoms with Crippen LogP contribution < -0.4 is 0 Å². The lowest BCUT2D eigenvalue weighted by atomic mass is 10.0. The summed E-state index contributed by atoms with van der Waals surface area (Å²) in [6.07, 6.45) is 4.41. The van der Waals surface area contributed by atoms with Gasteiger partial charge >= 0.3 is 5.97 Å². The fourth-order valence-corrected chi connectivity index (χ4v) is 1.84. The molecule has 1 aromatic heterocycles. The molecule has 96 valence electrons. The molecule has 0 spiro atoms. The van der Waals surface area contributed by atoms with Crippen molar-refractivity contribution in [3.05, 3.63) is 18.2 Å². The fourth-order valence-electron chi connectivity index (χ4n) is 1.84. The molecule has 0 aliphatic heterocycles. The fraction of sp³-hybridized carbons (Fsp3) is 0.667. The Morgan fingerprint density at radius 3 is 2.65 bits per heavy atom. The number of carboxylic acids is 1. The number of rotatable bonds is 6. The second kappa shape index (κ2) is 5.31. The maximum absolute atomic E-state index is 11.2. The molecule has 5 nitrogen and oxygen atoms in total. The molecule has 0 fully saturated rings. The van der Waals surface area contributed by atoms with E-state index in [9.17, 15) is 9.90 Å². The van der Waals surface area contributed by atoms with E-state index in [0.29, 0.717) is 13.1 Å². The molecule has 1 heterocycles. The third-order valence-electron chi connectivity index (χ3n) is 3.22. The van der Waals surface area contributed by atoms with Crippen LogP contribution in [0.2, 0.25) is 0 Å². The van der Waals surface area contributed by atoms with Crippen molar-refractivity contribution in [2.24, 2.45) is 7.05 Å². The zero-order valence-corrected chi connectivity index (χ0v) is 11.0. The molecule has 5 heteroatoms. The Hall–Kier alpha value is -1.36. The summed E-state index contributed by atoms with van der Waals surface area (Å²) in [7, 11) is 1.95. The van der Waals surface area contributed by atoms with Gasteiger partial charge in [-0.1, -0.05) is 6.92 Å². The summed E-state index contributed by atoms with van der Waals surface area (Å²) in [6.45, 7) is 6.85. The van der Waals surface area contributed by atoms with E-state index in [2.05, 4.69) is 4.98 Å². The first-order chi connectivity index (χ1) is 7.89. The second-order valence-electron chi connectivity index (χ2n) is 4.65. The maximum atomic E-state index is 11.2. The van der Waals surface area contributed by atoms with Gasteiger partial charge in [0, 0.05) is 32.4 Å². The minimum absolute atomic E-state index is 0.695. The standard InChI is InChI=1S/C12H21N3O2/c1-5-15(12(2,3)11(16)17)8-6-10-13-7-9-14(10)4/h7,9H,5-6,8H2,1-4H3,(H,16,17). The molecule has 0 unspecified atom stereocenters. The van der Waals surface area contributed by atoms with Crippen molar-refractivity contribution in [3.63, 3.8) is 0 Å². The van der Waals surface area contributed by atoms with Gasteiger partial charge in [0.2, 0.25) is 0 Å². The highest BCUT2D eigenvalue weighted by molar-refractivity contribution is 5.77. The Labute approximate surface area is 102 Å². The number of carboxylic acid groups (broad SMARTS) is 1. The van der Waals surface area contributed by atoms with Crippen LogP contribution in [0.25, 0.3) is 0 Å². The molecule has 0 atom stereocenters. The summed E-state index contributed by atoms with van der Waals surface area (Å²) < 4.78 is 1.96. The van der Waals surface area contributed by atoms with E-state index in [1.54, 1.807) is 20.0 Å².